The molecule has 3 aromatic rings. The molecule has 0 aliphatic rings. The Bertz CT molecular complexity index is 1040. The Morgan fingerprint density at radius 2 is 1.93 bits per heavy atom. The van der Waals surface area contributed by atoms with Gasteiger partial charge in [-0.15, -0.1) is 0 Å². The van der Waals surface area contributed by atoms with Gasteiger partial charge in [0.05, 0.1) is 31.6 Å². The summed E-state index contributed by atoms with van der Waals surface area (Å²) in [6, 6.07) is 11.6. The number of nitrogens with zero attached hydrogens (tertiary/aromatic N) is 2. The molecule has 0 spiro atoms. The van der Waals surface area contributed by atoms with Crippen LogP contribution in [-0.4, -0.2) is 28.1 Å². The maximum Gasteiger partial charge on any atom is 0.244 e. The largest absolute Gasteiger partial charge is 0.467 e. The number of amides is 2. The number of benzene rings is 1. The molecule has 0 fully saturated rings. The van der Waals surface area contributed by atoms with Crippen molar-refractivity contribution in [2.24, 2.45) is 0 Å². The Balaban J connectivity index is 1.53. The number of rotatable bonds is 8. The summed E-state index contributed by atoms with van der Waals surface area (Å²) in [5, 5.41) is 10.1. The lowest BCUT2D eigenvalue weighted by Crippen LogP contribution is -2.35. The molecule has 2 heterocycles. The Morgan fingerprint density at radius 1 is 1.17 bits per heavy atom. The maximum atomic E-state index is 12.0. The molecule has 7 nitrogen and oxygen atoms in total. The van der Waals surface area contributed by atoms with Crippen molar-refractivity contribution in [2.75, 3.05) is 6.54 Å². The first-order valence-electron chi connectivity index (χ1n) is 9.46. The summed E-state index contributed by atoms with van der Waals surface area (Å²) < 4.78 is 6.83. The van der Waals surface area contributed by atoms with E-state index in [2.05, 4.69) is 15.7 Å². The number of aromatic nitrogens is 2. The summed E-state index contributed by atoms with van der Waals surface area (Å²) in [6.07, 6.45) is 4.47. The highest BCUT2D eigenvalue weighted by Crippen LogP contribution is 2.22. The predicted molar refractivity (Wildman–Crippen MR) is 115 cm³/mol. The van der Waals surface area contributed by atoms with E-state index in [-0.39, 0.29) is 19.0 Å². The van der Waals surface area contributed by atoms with E-state index < -0.39 is 5.91 Å². The molecular formula is C22H23ClN4O3. The minimum Gasteiger partial charge on any atom is -0.467 e. The number of nitrogens with one attached hydrogen (secondary N) is 2. The van der Waals surface area contributed by atoms with Crippen LogP contribution in [0.2, 0.25) is 5.15 Å². The number of halogens is 1. The number of aryl methyl sites for hydroxylation is 2. The molecule has 8 heteroatoms. The minimum atomic E-state index is -0.398. The highest BCUT2D eigenvalue weighted by atomic mass is 35.5. The van der Waals surface area contributed by atoms with Crippen LogP contribution in [0.25, 0.3) is 6.08 Å². The zero-order valence-electron chi connectivity index (χ0n) is 16.8. The van der Waals surface area contributed by atoms with Crippen LogP contribution < -0.4 is 10.6 Å². The highest BCUT2D eigenvalue weighted by molar-refractivity contribution is 6.31. The van der Waals surface area contributed by atoms with Crippen LogP contribution >= 0.6 is 11.6 Å². The van der Waals surface area contributed by atoms with Gasteiger partial charge in [0.2, 0.25) is 11.8 Å². The van der Waals surface area contributed by atoms with Gasteiger partial charge < -0.3 is 15.1 Å². The predicted octanol–water partition coefficient (Wildman–Crippen LogP) is 3.24. The molecule has 2 amide bonds. The van der Waals surface area contributed by atoms with Crippen molar-refractivity contribution in [3.05, 3.63) is 82.0 Å². The lowest BCUT2D eigenvalue weighted by atomic mass is 10.1. The van der Waals surface area contributed by atoms with Gasteiger partial charge in [-0.2, -0.15) is 5.10 Å². The normalized spacial score (nSPS) is 11.0. The molecule has 0 unspecified atom stereocenters. The van der Waals surface area contributed by atoms with Gasteiger partial charge in [-0.05, 0) is 37.6 Å². The standard InChI is InChI=1S/C22H23ClN4O3/c1-15-5-7-17(8-6-15)14-27-22(23)19(16(2)26-27)9-10-20(28)25-13-21(29)24-12-18-4-3-11-30-18/h3-11H,12-14H2,1-2H3,(H,24,29)(H,25,28)/b10-9+. The number of hydrogen-bond donors (Lipinski definition) is 2. The van der Waals surface area contributed by atoms with Crippen molar-refractivity contribution >= 4 is 29.5 Å². The molecule has 0 radical (unpaired) electrons. The fourth-order valence-electron chi connectivity index (χ4n) is 2.77. The van der Waals surface area contributed by atoms with E-state index in [0.29, 0.717) is 28.7 Å². The molecule has 0 aliphatic carbocycles. The van der Waals surface area contributed by atoms with Gasteiger partial charge >= 0.3 is 0 Å². The molecule has 0 saturated heterocycles. The van der Waals surface area contributed by atoms with Crippen LogP contribution in [0.1, 0.15) is 28.1 Å². The zero-order valence-corrected chi connectivity index (χ0v) is 17.6. The van der Waals surface area contributed by atoms with E-state index in [4.69, 9.17) is 16.0 Å². The van der Waals surface area contributed by atoms with Crippen molar-refractivity contribution in [3.8, 4) is 0 Å². The van der Waals surface area contributed by atoms with E-state index >= 15 is 0 Å². The number of furan rings is 1. The Hall–Kier alpha value is -3.32. The summed E-state index contributed by atoms with van der Waals surface area (Å²) in [4.78, 5) is 23.8. The lowest BCUT2D eigenvalue weighted by Gasteiger charge is -2.04. The Kier molecular flexibility index (Phi) is 7.08. The average Bonchev–Trinajstić information content (AvgIpc) is 3.33. The summed E-state index contributed by atoms with van der Waals surface area (Å²) >= 11 is 6.46. The molecular weight excluding hydrogens is 404 g/mol. The van der Waals surface area contributed by atoms with Crippen LogP contribution in [0.15, 0.2) is 53.2 Å². The van der Waals surface area contributed by atoms with E-state index in [0.717, 1.165) is 5.56 Å². The van der Waals surface area contributed by atoms with Crippen LogP contribution in [-0.2, 0) is 22.7 Å². The van der Waals surface area contributed by atoms with Gasteiger partial charge in [-0.3, -0.25) is 9.59 Å². The molecule has 0 aliphatic heterocycles. The van der Waals surface area contributed by atoms with E-state index in [1.807, 2.05) is 38.1 Å². The molecule has 2 aromatic heterocycles. The fourth-order valence-corrected chi connectivity index (χ4v) is 3.07. The first kappa shape index (κ1) is 21.4. The third-order valence-corrected chi connectivity index (χ3v) is 4.83. The summed E-state index contributed by atoms with van der Waals surface area (Å²) in [6.45, 7) is 4.54. The summed E-state index contributed by atoms with van der Waals surface area (Å²) in [5.74, 6) is -0.0690. The topological polar surface area (TPSA) is 89.2 Å². The van der Waals surface area contributed by atoms with Gasteiger partial charge in [-0.25, -0.2) is 4.68 Å². The molecule has 3 rings (SSSR count). The van der Waals surface area contributed by atoms with Gasteiger partial charge in [-0.1, -0.05) is 41.4 Å². The van der Waals surface area contributed by atoms with E-state index in [9.17, 15) is 9.59 Å². The zero-order chi connectivity index (χ0) is 21.5. The van der Waals surface area contributed by atoms with Crippen LogP contribution in [0.5, 0.6) is 0 Å². The number of carbonyl (C=O) groups is 2. The molecule has 0 atom stereocenters. The summed E-state index contributed by atoms with van der Waals surface area (Å²) in [7, 11) is 0. The molecule has 156 valence electrons. The van der Waals surface area contributed by atoms with Gasteiger partial charge in [0.1, 0.15) is 10.9 Å². The monoisotopic (exact) mass is 426 g/mol. The van der Waals surface area contributed by atoms with Crippen LogP contribution in [0, 0.1) is 13.8 Å². The highest BCUT2D eigenvalue weighted by Gasteiger charge is 2.12. The number of carbonyl (C=O) groups excluding carboxylic acids is 2. The quantitative estimate of drug-likeness (QED) is 0.541. The van der Waals surface area contributed by atoms with Crippen molar-refractivity contribution in [3.63, 3.8) is 0 Å². The third kappa shape index (κ3) is 5.84. The molecule has 2 N–H and O–H groups in total. The minimum absolute atomic E-state index is 0.136. The number of hydrogen-bond acceptors (Lipinski definition) is 4. The fraction of sp³-hybridized carbons (Fsp3) is 0.227. The van der Waals surface area contributed by atoms with Crippen LogP contribution in [0.3, 0.4) is 0 Å². The van der Waals surface area contributed by atoms with E-state index in [1.54, 1.807) is 22.9 Å². The van der Waals surface area contributed by atoms with Crippen molar-refractivity contribution in [1.29, 1.82) is 0 Å². The Morgan fingerprint density at radius 3 is 2.63 bits per heavy atom. The van der Waals surface area contributed by atoms with E-state index in [1.165, 1.54) is 17.9 Å². The SMILES string of the molecule is Cc1ccc(Cn2nc(C)c(/C=C/C(=O)NCC(=O)NCc3ccco3)c2Cl)cc1. The van der Waals surface area contributed by atoms with Crippen LogP contribution in [0.4, 0.5) is 0 Å². The third-order valence-electron chi connectivity index (χ3n) is 4.43. The second kappa shape index (κ2) is 9.93. The molecule has 0 bridgehead atoms. The van der Waals surface area contributed by atoms with Crippen molar-refractivity contribution in [1.82, 2.24) is 20.4 Å². The smallest absolute Gasteiger partial charge is 0.244 e. The molecule has 0 saturated carbocycles. The summed E-state index contributed by atoms with van der Waals surface area (Å²) in [5.41, 5.74) is 3.65. The van der Waals surface area contributed by atoms with Gasteiger partial charge in [0.15, 0.2) is 0 Å². The van der Waals surface area contributed by atoms with Gasteiger partial charge in [0.25, 0.3) is 0 Å². The maximum absolute atomic E-state index is 12.0. The lowest BCUT2D eigenvalue weighted by molar-refractivity contribution is -0.124. The molecule has 30 heavy (non-hydrogen) atoms. The van der Waals surface area contributed by atoms with Gasteiger partial charge in [0, 0.05) is 11.6 Å². The van der Waals surface area contributed by atoms with Crippen molar-refractivity contribution < 1.29 is 14.0 Å². The van der Waals surface area contributed by atoms with Crippen molar-refractivity contribution in [2.45, 2.75) is 26.9 Å². The first-order chi connectivity index (χ1) is 14.4. The average molecular weight is 427 g/mol. The molecule has 1 aromatic carbocycles. The first-order valence-corrected chi connectivity index (χ1v) is 9.83. The second-order valence-corrected chi connectivity index (χ2v) is 7.20. The Labute approximate surface area is 179 Å². The second-order valence-electron chi connectivity index (χ2n) is 6.84.